The molecule has 0 N–H and O–H groups in total. The first kappa shape index (κ1) is 11.4. The van der Waals surface area contributed by atoms with Gasteiger partial charge in [0.1, 0.15) is 5.52 Å². The van der Waals surface area contributed by atoms with Crippen molar-refractivity contribution in [2.45, 2.75) is 12.5 Å². The predicted molar refractivity (Wildman–Crippen MR) is 74.2 cm³/mol. The number of benzene rings is 1. The first-order valence-electron chi connectivity index (χ1n) is 6.60. The largest absolute Gasteiger partial charge is 0.379 e. The van der Waals surface area contributed by atoms with E-state index in [1.807, 2.05) is 18.5 Å². The molecule has 1 aliphatic heterocycles. The molecule has 5 nitrogen and oxygen atoms in total. The van der Waals surface area contributed by atoms with E-state index in [0.717, 1.165) is 35.0 Å². The van der Waals surface area contributed by atoms with Crippen LogP contribution in [0.15, 0.2) is 30.7 Å². The molecule has 2 aromatic heterocycles. The first-order chi connectivity index (χ1) is 9.86. The minimum atomic E-state index is 0.316. The Bertz CT molecular complexity index is 840. The summed E-state index contributed by atoms with van der Waals surface area (Å²) < 4.78 is 7.63. The molecule has 1 atom stereocenters. The molecule has 98 valence electrons. The van der Waals surface area contributed by atoms with Crippen LogP contribution in [0.25, 0.3) is 21.9 Å². The van der Waals surface area contributed by atoms with E-state index in [0.29, 0.717) is 18.2 Å². The van der Waals surface area contributed by atoms with Gasteiger partial charge in [-0.15, -0.1) is 0 Å². The van der Waals surface area contributed by atoms with E-state index in [1.165, 1.54) is 0 Å². The molecule has 4 rings (SSSR count). The molecule has 0 unspecified atom stereocenters. The van der Waals surface area contributed by atoms with Gasteiger partial charge in [0.2, 0.25) is 0 Å². The Kier molecular flexibility index (Phi) is 2.44. The third kappa shape index (κ3) is 1.59. The molecule has 1 saturated heterocycles. The van der Waals surface area contributed by atoms with Crippen LogP contribution in [0.3, 0.4) is 0 Å². The third-order valence-corrected chi connectivity index (χ3v) is 3.83. The van der Waals surface area contributed by atoms with Crippen LogP contribution in [0.5, 0.6) is 0 Å². The number of nitriles is 1. The first-order valence-corrected chi connectivity index (χ1v) is 6.60. The molecular formula is C15H12N4O. The predicted octanol–water partition coefficient (Wildman–Crippen LogP) is 2.42. The fourth-order valence-corrected chi connectivity index (χ4v) is 2.80. The molecule has 0 radical (unpaired) electrons. The summed E-state index contributed by atoms with van der Waals surface area (Å²) in [6, 6.07) is 8.06. The van der Waals surface area contributed by atoms with Crippen LogP contribution < -0.4 is 0 Å². The summed E-state index contributed by atoms with van der Waals surface area (Å²) >= 11 is 0. The molecule has 1 aliphatic rings. The van der Waals surface area contributed by atoms with Gasteiger partial charge in [0.15, 0.2) is 0 Å². The summed E-state index contributed by atoms with van der Waals surface area (Å²) in [6.45, 7) is 1.50. The van der Waals surface area contributed by atoms with Gasteiger partial charge >= 0.3 is 0 Å². The number of hydrogen-bond acceptors (Lipinski definition) is 4. The maximum Gasteiger partial charge on any atom is 0.107 e. The van der Waals surface area contributed by atoms with Gasteiger partial charge in [-0.1, -0.05) is 0 Å². The molecule has 0 aliphatic carbocycles. The van der Waals surface area contributed by atoms with E-state index < -0.39 is 0 Å². The lowest BCUT2D eigenvalue weighted by atomic mass is 10.1. The van der Waals surface area contributed by atoms with Gasteiger partial charge in [0.05, 0.1) is 47.8 Å². The maximum atomic E-state index is 9.09. The van der Waals surface area contributed by atoms with E-state index >= 15 is 0 Å². The minimum Gasteiger partial charge on any atom is -0.379 e. The number of nitrogens with zero attached hydrogens (tertiary/aromatic N) is 4. The summed E-state index contributed by atoms with van der Waals surface area (Å²) in [4.78, 5) is 8.84. The van der Waals surface area contributed by atoms with E-state index in [2.05, 4.69) is 20.6 Å². The Labute approximate surface area is 115 Å². The second-order valence-corrected chi connectivity index (χ2v) is 5.01. The van der Waals surface area contributed by atoms with Crippen molar-refractivity contribution in [1.82, 2.24) is 14.5 Å². The summed E-state index contributed by atoms with van der Waals surface area (Å²) in [5.41, 5.74) is 3.43. The SMILES string of the molecule is N#Cc1ccc2ncc3ncn([C@@H]4CCOC4)c3c2c1. The lowest BCUT2D eigenvalue weighted by Crippen LogP contribution is -2.07. The van der Waals surface area contributed by atoms with E-state index in [4.69, 9.17) is 10.00 Å². The zero-order valence-electron chi connectivity index (χ0n) is 10.8. The van der Waals surface area contributed by atoms with Crippen LogP contribution in [0.2, 0.25) is 0 Å². The quantitative estimate of drug-likeness (QED) is 0.677. The number of rotatable bonds is 1. The number of fused-ring (bicyclic) bond motifs is 3. The van der Waals surface area contributed by atoms with Crippen molar-refractivity contribution in [3.63, 3.8) is 0 Å². The Morgan fingerprint density at radius 1 is 1.30 bits per heavy atom. The molecule has 0 amide bonds. The van der Waals surface area contributed by atoms with Crippen LogP contribution >= 0.6 is 0 Å². The molecule has 0 saturated carbocycles. The van der Waals surface area contributed by atoms with Crippen LogP contribution in [0, 0.1) is 11.3 Å². The molecule has 0 bridgehead atoms. The van der Waals surface area contributed by atoms with Gasteiger partial charge < -0.3 is 9.30 Å². The highest BCUT2D eigenvalue weighted by Gasteiger charge is 2.20. The van der Waals surface area contributed by atoms with Crippen molar-refractivity contribution in [2.75, 3.05) is 13.2 Å². The highest BCUT2D eigenvalue weighted by atomic mass is 16.5. The van der Waals surface area contributed by atoms with E-state index in [1.54, 1.807) is 12.3 Å². The highest BCUT2D eigenvalue weighted by molar-refractivity contribution is 6.02. The van der Waals surface area contributed by atoms with Gasteiger partial charge in [-0.25, -0.2) is 4.98 Å². The number of aromatic nitrogens is 3. The van der Waals surface area contributed by atoms with Crippen molar-refractivity contribution in [3.05, 3.63) is 36.3 Å². The monoisotopic (exact) mass is 264 g/mol. The van der Waals surface area contributed by atoms with Gasteiger partial charge in [0.25, 0.3) is 0 Å². The van der Waals surface area contributed by atoms with Crippen molar-refractivity contribution in [2.24, 2.45) is 0 Å². The van der Waals surface area contributed by atoms with Crippen molar-refractivity contribution in [3.8, 4) is 6.07 Å². The number of pyridine rings is 1. The molecule has 3 aromatic rings. The average Bonchev–Trinajstić information content (AvgIpc) is 3.15. The zero-order chi connectivity index (χ0) is 13.5. The Morgan fingerprint density at radius 2 is 2.25 bits per heavy atom. The normalized spacial score (nSPS) is 18.6. The summed E-state index contributed by atoms with van der Waals surface area (Å²) in [5.74, 6) is 0. The molecule has 1 aromatic carbocycles. The fourth-order valence-electron chi connectivity index (χ4n) is 2.80. The number of ether oxygens (including phenoxy) is 1. The Morgan fingerprint density at radius 3 is 3.05 bits per heavy atom. The van der Waals surface area contributed by atoms with Crippen LogP contribution in [-0.2, 0) is 4.74 Å². The molecule has 20 heavy (non-hydrogen) atoms. The number of hydrogen-bond donors (Lipinski definition) is 0. The van der Waals surface area contributed by atoms with Crippen LogP contribution in [-0.4, -0.2) is 27.7 Å². The van der Waals surface area contributed by atoms with Crippen molar-refractivity contribution >= 4 is 21.9 Å². The molecule has 5 heteroatoms. The maximum absolute atomic E-state index is 9.09. The smallest absolute Gasteiger partial charge is 0.107 e. The van der Waals surface area contributed by atoms with Gasteiger partial charge in [0, 0.05) is 12.0 Å². The van der Waals surface area contributed by atoms with E-state index in [9.17, 15) is 0 Å². The lowest BCUT2D eigenvalue weighted by molar-refractivity contribution is 0.187. The second-order valence-electron chi connectivity index (χ2n) is 5.01. The lowest BCUT2D eigenvalue weighted by Gasteiger charge is -2.12. The average molecular weight is 264 g/mol. The van der Waals surface area contributed by atoms with Gasteiger partial charge in [-0.2, -0.15) is 5.26 Å². The number of imidazole rings is 1. The molecular weight excluding hydrogens is 252 g/mol. The third-order valence-electron chi connectivity index (χ3n) is 3.83. The standard InChI is InChI=1S/C15H12N4O/c16-6-10-1-2-13-12(5-10)15-14(7-17-13)18-9-19(15)11-3-4-20-8-11/h1-2,5,7,9,11H,3-4,8H2/t11-/m1/s1. The zero-order valence-corrected chi connectivity index (χ0v) is 10.8. The molecule has 3 heterocycles. The topological polar surface area (TPSA) is 63.7 Å². The van der Waals surface area contributed by atoms with Crippen LogP contribution in [0.4, 0.5) is 0 Å². The summed E-state index contributed by atoms with van der Waals surface area (Å²) in [6.07, 6.45) is 4.63. The second kappa shape index (κ2) is 4.29. The Hall–Kier alpha value is -2.45. The van der Waals surface area contributed by atoms with Crippen molar-refractivity contribution < 1.29 is 4.74 Å². The van der Waals surface area contributed by atoms with Gasteiger partial charge in [-0.05, 0) is 24.6 Å². The minimum absolute atomic E-state index is 0.316. The van der Waals surface area contributed by atoms with Crippen molar-refractivity contribution in [1.29, 1.82) is 5.26 Å². The highest BCUT2D eigenvalue weighted by Crippen LogP contribution is 2.29. The van der Waals surface area contributed by atoms with Gasteiger partial charge in [-0.3, -0.25) is 4.98 Å². The van der Waals surface area contributed by atoms with E-state index in [-0.39, 0.29) is 0 Å². The molecule has 1 fully saturated rings. The fraction of sp³-hybridized carbons (Fsp3) is 0.267. The summed E-state index contributed by atoms with van der Waals surface area (Å²) in [5, 5.41) is 10.1. The molecule has 0 spiro atoms. The Balaban J connectivity index is 2.05. The summed E-state index contributed by atoms with van der Waals surface area (Å²) in [7, 11) is 0. The van der Waals surface area contributed by atoms with Crippen LogP contribution in [0.1, 0.15) is 18.0 Å².